The minimum absolute atomic E-state index is 0.155. The number of halogens is 1. The first-order chi connectivity index (χ1) is 12.0. The highest BCUT2D eigenvalue weighted by atomic mass is 35.5. The molecule has 0 bridgehead atoms. The van der Waals surface area contributed by atoms with E-state index in [4.69, 9.17) is 11.6 Å². The van der Waals surface area contributed by atoms with Crippen LogP contribution in [0, 0.1) is 13.8 Å². The lowest BCUT2D eigenvalue weighted by atomic mass is 10.2. The molecule has 3 rings (SSSR count). The number of carbonyl (C=O) groups is 1. The number of anilines is 1. The van der Waals surface area contributed by atoms with Crippen LogP contribution in [0.4, 0.5) is 5.82 Å². The Morgan fingerprint density at radius 3 is 2.84 bits per heavy atom. The van der Waals surface area contributed by atoms with Crippen LogP contribution in [-0.4, -0.2) is 31.4 Å². The summed E-state index contributed by atoms with van der Waals surface area (Å²) < 4.78 is 1.80. The topological polar surface area (TPSA) is 72.7 Å². The molecule has 0 aliphatic carbocycles. The zero-order valence-corrected chi connectivity index (χ0v) is 15.3. The highest BCUT2D eigenvalue weighted by molar-refractivity contribution is 7.99. The number of nitrogens with one attached hydrogen (secondary N) is 1. The van der Waals surface area contributed by atoms with Gasteiger partial charge in [-0.15, -0.1) is 10.2 Å². The van der Waals surface area contributed by atoms with Crippen LogP contribution in [0.2, 0.25) is 5.02 Å². The number of rotatable bonds is 5. The third kappa shape index (κ3) is 4.37. The summed E-state index contributed by atoms with van der Waals surface area (Å²) in [6.45, 7) is 3.88. The van der Waals surface area contributed by atoms with Crippen molar-refractivity contribution in [2.75, 3.05) is 11.1 Å². The molecule has 0 spiro atoms. The summed E-state index contributed by atoms with van der Waals surface area (Å²) in [6.07, 6.45) is 3.31. The molecule has 3 aromatic rings. The maximum atomic E-state index is 12.1. The first-order valence-electron chi connectivity index (χ1n) is 7.55. The number of hydrogen-bond acceptors (Lipinski definition) is 5. The number of hydrogen-bond donors (Lipinski definition) is 1. The third-order valence-electron chi connectivity index (χ3n) is 3.46. The summed E-state index contributed by atoms with van der Waals surface area (Å²) in [6, 6.07) is 9.38. The Labute approximate surface area is 154 Å². The van der Waals surface area contributed by atoms with E-state index in [9.17, 15) is 4.79 Å². The van der Waals surface area contributed by atoms with E-state index in [0.29, 0.717) is 16.0 Å². The molecule has 0 saturated heterocycles. The number of carbonyl (C=O) groups excluding carboxylic acids is 1. The first-order valence-corrected chi connectivity index (χ1v) is 8.91. The largest absolute Gasteiger partial charge is 0.310 e. The van der Waals surface area contributed by atoms with Gasteiger partial charge in [0.1, 0.15) is 12.1 Å². The van der Waals surface area contributed by atoms with Crippen molar-refractivity contribution in [3.05, 3.63) is 59.0 Å². The molecular weight excluding hydrogens is 358 g/mol. The molecule has 0 atom stereocenters. The maximum Gasteiger partial charge on any atom is 0.236 e. The molecular formula is C17H16ClN5OS. The maximum absolute atomic E-state index is 12.1. The summed E-state index contributed by atoms with van der Waals surface area (Å²) >= 11 is 7.48. The predicted molar refractivity (Wildman–Crippen MR) is 99.4 cm³/mol. The highest BCUT2D eigenvalue weighted by Crippen LogP contribution is 2.23. The van der Waals surface area contributed by atoms with Crippen LogP contribution in [0.15, 0.2) is 48.0 Å². The number of nitrogens with zero attached hydrogens (tertiary/aromatic N) is 4. The van der Waals surface area contributed by atoms with Crippen LogP contribution in [0.1, 0.15) is 11.1 Å². The van der Waals surface area contributed by atoms with Crippen molar-refractivity contribution in [1.82, 2.24) is 19.7 Å². The van der Waals surface area contributed by atoms with E-state index in [2.05, 4.69) is 20.5 Å². The van der Waals surface area contributed by atoms with E-state index in [0.717, 1.165) is 16.8 Å². The van der Waals surface area contributed by atoms with Crippen molar-refractivity contribution >= 4 is 35.1 Å². The Morgan fingerprint density at radius 2 is 2.12 bits per heavy atom. The van der Waals surface area contributed by atoms with E-state index in [1.54, 1.807) is 23.2 Å². The second-order valence-corrected chi connectivity index (χ2v) is 6.82. The van der Waals surface area contributed by atoms with Gasteiger partial charge < -0.3 is 5.32 Å². The molecule has 1 N–H and O–H groups in total. The highest BCUT2D eigenvalue weighted by Gasteiger charge is 2.11. The molecule has 2 heterocycles. The van der Waals surface area contributed by atoms with E-state index in [1.807, 2.05) is 38.1 Å². The molecule has 1 aromatic carbocycles. The van der Waals surface area contributed by atoms with Gasteiger partial charge in [-0.1, -0.05) is 35.5 Å². The Morgan fingerprint density at radius 1 is 1.28 bits per heavy atom. The summed E-state index contributed by atoms with van der Waals surface area (Å²) in [7, 11) is 0. The summed E-state index contributed by atoms with van der Waals surface area (Å²) in [5.74, 6) is 0.578. The number of benzene rings is 1. The number of thioether (sulfide) groups is 1. The van der Waals surface area contributed by atoms with Gasteiger partial charge >= 0.3 is 0 Å². The smallest absolute Gasteiger partial charge is 0.236 e. The summed E-state index contributed by atoms with van der Waals surface area (Å²) in [5.41, 5.74) is 2.89. The van der Waals surface area contributed by atoms with Gasteiger partial charge in [-0.3, -0.25) is 9.36 Å². The fraction of sp³-hybridized carbons (Fsp3) is 0.176. The molecule has 0 saturated carbocycles. The Kier molecular flexibility index (Phi) is 5.35. The normalized spacial score (nSPS) is 10.7. The Hall–Kier alpha value is -2.38. The third-order valence-corrected chi connectivity index (χ3v) is 4.81. The SMILES string of the molecule is Cc1ccc(NC(=O)CSc2nncn2-c2ccc(C)c(Cl)c2)nc1. The van der Waals surface area contributed by atoms with Gasteiger partial charge in [-0.25, -0.2) is 4.98 Å². The molecule has 128 valence electrons. The van der Waals surface area contributed by atoms with Crippen LogP contribution in [0.5, 0.6) is 0 Å². The Bertz CT molecular complexity index is 894. The van der Waals surface area contributed by atoms with Crippen molar-refractivity contribution in [3.8, 4) is 5.69 Å². The van der Waals surface area contributed by atoms with Gasteiger partial charge in [0.05, 0.1) is 11.4 Å². The average Bonchev–Trinajstić information content (AvgIpc) is 3.06. The molecule has 0 fully saturated rings. The van der Waals surface area contributed by atoms with E-state index < -0.39 is 0 Å². The quantitative estimate of drug-likeness (QED) is 0.691. The second-order valence-electron chi connectivity index (χ2n) is 5.47. The molecule has 8 heteroatoms. The molecule has 0 unspecified atom stereocenters. The number of amides is 1. The Balaban J connectivity index is 1.66. The van der Waals surface area contributed by atoms with Crippen molar-refractivity contribution in [2.45, 2.75) is 19.0 Å². The van der Waals surface area contributed by atoms with Gasteiger partial charge in [-0.2, -0.15) is 0 Å². The number of pyridine rings is 1. The fourth-order valence-corrected chi connectivity index (χ4v) is 2.99. The zero-order chi connectivity index (χ0) is 17.8. The average molecular weight is 374 g/mol. The minimum atomic E-state index is -0.155. The lowest BCUT2D eigenvalue weighted by Gasteiger charge is -2.08. The van der Waals surface area contributed by atoms with E-state index in [-0.39, 0.29) is 11.7 Å². The van der Waals surface area contributed by atoms with Gasteiger partial charge in [0.2, 0.25) is 5.91 Å². The number of aryl methyl sites for hydroxylation is 2. The molecule has 0 aliphatic heterocycles. The standard InChI is InChI=1S/C17H16ClN5OS/c1-11-3-6-15(19-8-11)21-16(24)9-25-17-22-20-10-23(17)13-5-4-12(2)14(18)7-13/h3-8,10H,9H2,1-2H3,(H,19,21,24). The van der Waals surface area contributed by atoms with Crippen LogP contribution < -0.4 is 5.32 Å². The van der Waals surface area contributed by atoms with Gasteiger partial charge in [0.15, 0.2) is 5.16 Å². The van der Waals surface area contributed by atoms with E-state index >= 15 is 0 Å². The van der Waals surface area contributed by atoms with Crippen molar-refractivity contribution in [1.29, 1.82) is 0 Å². The van der Waals surface area contributed by atoms with Gasteiger partial charge in [0.25, 0.3) is 0 Å². The molecule has 6 nitrogen and oxygen atoms in total. The van der Waals surface area contributed by atoms with Gasteiger partial charge in [-0.05, 0) is 43.2 Å². The van der Waals surface area contributed by atoms with Crippen molar-refractivity contribution in [3.63, 3.8) is 0 Å². The second kappa shape index (κ2) is 7.67. The van der Waals surface area contributed by atoms with E-state index in [1.165, 1.54) is 11.8 Å². The first kappa shape index (κ1) is 17.4. The van der Waals surface area contributed by atoms with Crippen LogP contribution in [0.3, 0.4) is 0 Å². The predicted octanol–water partition coefficient (Wildman–Crippen LogP) is 3.66. The van der Waals surface area contributed by atoms with Crippen LogP contribution in [-0.2, 0) is 4.79 Å². The summed E-state index contributed by atoms with van der Waals surface area (Å²) in [5, 5.41) is 12.0. The molecule has 25 heavy (non-hydrogen) atoms. The zero-order valence-electron chi connectivity index (χ0n) is 13.7. The lowest BCUT2D eigenvalue weighted by molar-refractivity contribution is -0.113. The molecule has 1 amide bonds. The monoisotopic (exact) mass is 373 g/mol. The minimum Gasteiger partial charge on any atom is -0.310 e. The molecule has 2 aromatic heterocycles. The fourth-order valence-electron chi connectivity index (χ4n) is 2.08. The van der Waals surface area contributed by atoms with Crippen LogP contribution in [0.25, 0.3) is 5.69 Å². The van der Waals surface area contributed by atoms with Gasteiger partial charge in [0, 0.05) is 11.2 Å². The number of aromatic nitrogens is 4. The van der Waals surface area contributed by atoms with Crippen LogP contribution >= 0.6 is 23.4 Å². The van der Waals surface area contributed by atoms with Crippen molar-refractivity contribution in [2.24, 2.45) is 0 Å². The molecule has 0 aliphatic rings. The lowest BCUT2D eigenvalue weighted by Crippen LogP contribution is -2.15. The molecule has 0 radical (unpaired) electrons. The van der Waals surface area contributed by atoms with Crippen molar-refractivity contribution < 1.29 is 4.79 Å². The summed E-state index contributed by atoms with van der Waals surface area (Å²) in [4.78, 5) is 16.2.